The Balaban J connectivity index is 2.53. The molecule has 20 heavy (non-hydrogen) atoms. The lowest BCUT2D eigenvalue weighted by Crippen LogP contribution is -2.28. The van der Waals surface area contributed by atoms with Gasteiger partial charge in [0.1, 0.15) is 0 Å². The fraction of sp³-hybridized carbons (Fsp3) is 0.462. The number of hydrogen-bond donors (Lipinski definition) is 2. The number of nitrogen functional groups attached to an aromatic ring is 1. The van der Waals surface area contributed by atoms with Gasteiger partial charge in [0.15, 0.2) is 11.8 Å². The van der Waals surface area contributed by atoms with Crippen molar-refractivity contribution in [2.75, 3.05) is 18.9 Å². The third-order valence-electron chi connectivity index (χ3n) is 2.21. The Morgan fingerprint density at radius 1 is 1.50 bits per heavy atom. The van der Waals surface area contributed by atoms with Crippen molar-refractivity contribution in [2.45, 2.75) is 20.8 Å². The van der Waals surface area contributed by atoms with Crippen LogP contribution in [0.1, 0.15) is 25.1 Å². The zero-order chi connectivity index (χ0) is 15.1. The molecule has 1 aromatic heterocycles. The first-order chi connectivity index (χ1) is 9.40. The second-order valence-corrected chi connectivity index (χ2v) is 4.84. The molecule has 3 N–H and O–H groups in total. The van der Waals surface area contributed by atoms with Gasteiger partial charge in [-0.15, -0.1) is 0 Å². The Hall–Kier alpha value is -2.00. The van der Waals surface area contributed by atoms with Gasteiger partial charge in [-0.25, -0.2) is 9.78 Å². The highest BCUT2D eigenvalue weighted by Crippen LogP contribution is 2.15. The minimum absolute atomic E-state index is 0.0376. The quantitative estimate of drug-likeness (QED) is 0.655. The molecule has 0 aliphatic heterocycles. The Bertz CT molecular complexity index is 526. The number of carbonyl (C=O) groups excluding carboxylic acids is 1. The largest absolute Gasteiger partial charge is 0.436 e. The number of nitrogens with two attached hydrogens (primary N) is 1. The summed E-state index contributed by atoms with van der Waals surface area (Å²) in [5.41, 5.74) is 6.51. The predicted molar refractivity (Wildman–Crippen MR) is 77.3 cm³/mol. The number of amides is 1. The van der Waals surface area contributed by atoms with Crippen molar-refractivity contribution in [3.63, 3.8) is 0 Å². The molecule has 108 valence electrons. The van der Waals surface area contributed by atoms with E-state index in [9.17, 15) is 4.79 Å². The molecule has 0 saturated heterocycles. The van der Waals surface area contributed by atoms with Crippen LogP contribution in [0.2, 0.25) is 5.15 Å². The second-order valence-electron chi connectivity index (χ2n) is 4.49. The Morgan fingerprint density at radius 3 is 2.80 bits per heavy atom. The van der Waals surface area contributed by atoms with E-state index in [1.54, 1.807) is 6.92 Å². The average Bonchev–Trinajstić information content (AvgIpc) is 2.34. The normalized spacial score (nSPS) is 9.85. The summed E-state index contributed by atoms with van der Waals surface area (Å²) in [4.78, 5) is 19.0. The first-order valence-electron chi connectivity index (χ1n) is 6.09. The third-order valence-corrected chi connectivity index (χ3v) is 2.48. The van der Waals surface area contributed by atoms with Gasteiger partial charge in [0.05, 0.1) is 11.3 Å². The fourth-order valence-corrected chi connectivity index (χ4v) is 1.54. The number of halogens is 1. The Labute approximate surface area is 123 Å². The number of nitrogens with zero attached hydrogens (tertiary/aromatic N) is 2. The number of ether oxygens (including phenoxy) is 1. The molecule has 1 heterocycles. The van der Waals surface area contributed by atoms with Crippen LogP contribution in [-0.2, 0) is 4.74 Å². The van der Waals surface area contributed by atoms with Crippen molar-refractivity contribution in [1.29, 1.82) is 0 Å². The van der Waals surface area contributed by atoms with Gasteiger partial charge < -0.3 is 15.8 Å². The fourth-order valence-electron chi connectivity index (χ4n) is 1.27. The number of nitrogens with one attached hydrogen (secondary N) is 1. The van der Waals surface area contributed by atoms with Gasteiger partial charge in [0, 0.05) is 6.54 Å². The summed E-state index contributed by atoms with van der Waals surface area (Å²) >= 11 is 5.91. The Kier molecular flexibility index (Phi) is 6.07. The molecule has 0 atom stereocenters. The molecule has 0 unspecified atom stereocenters. The van der Waals surface area contributed by atoms with Crippen LogP contribution >= 0.6 is 11.6 Å². The third kappa shape index (κ3) is 5.33. The first kappa shape index (κ1) is 16.1. The highest BCUT2D eigenvalue weighted by molar-refractivity contribution is 6.30. The topological polar surface area (TPSA) is 90.1 Å². The van der Waals surface area contributed by atoms with Crippen LogP contribution in [0, 0.1) is 24.7 Å². The highest BCUT2D eigenvalue weighted by atomic mass is 35.5. The van der Waals surface area contributed by atoms with Crippen molar-refractivity contribution in [1.82, 2.24) is 15.3 Å². The minimum atomic E-state index is -0.496. The van der Waals surface area contributed by atoms with E-state index in [2.05, 4.69) is 27.1 Å². The molecule has 0 fully saturated rings. The van der Waals surface area contributed by atoms with Crippen LogP contribution in [0.3, 0.4) is 0 Å². The van der Waals surface area contributed by atoms with Gasteiger partial charge in [-0.1, -0.05) is 37.3 Å². The van der Waals surface area contributed by atoms with Crippen LogP contribution in [0.15, 0.2) is 0 Å². The highest BCUT2D eigenvalue weighted by Gasteiger charge is 2.06. The molecule has 0 bridgehead atoms. The molecule has 7 heteroatoms. The summed E-state index contributed by atoms with van der Waals surface area (Å²) in [6.07, 6.45) is -0.496. The van der Waals surface area contributed by atoms with Crippen molar-refractivity contribution >= 4 is 23.6 Å². The van der Waals surface area contributed by atoms with E-state index in [-0.39, 0.29) is 17.7 Å². The zero-order valence-electron chi connectivity index (χ0n) is 11.7. The lowest BCUT2D eigenvalue weighted by molar-refractivity contribution is 0.159. The summed E-state index contributed by atoms with van der Waals surface area (Å²) < 4.78 is 4.89. The summed E-state index contributed by atoms with van der Waals surface area (Å²) in [5, 5.41) is 2.80. The molecule has 0 radical (unpaired) electrons. The second kappa shape index (κ2) is 7.56. The predicted octanol–water partition coefficient (Wildman–Crippen LogP) is 1.75. The lowest BCUT2D eigenvalue weighted by atomic mass is 10.2. The standard InChI is InChI=1S/C13H17ClN4O2/c1-8(2)7-16-13(19)20-6-4-5-10-9(3)17-12(15)18-11(10)14/h8H,6-7H2,1-3H3,(H,16,19)(H2,15,17,18). The van der Waals surface area contributed by atoms with E-state index in [1.165, 1.54) is 0 Å². The molecule has 0 aromatic carbocycles. The van der Waals surface area contributed by atoms with Crippen LogP contribution in [-0.4, -0.2) is 29.2 Å². The summed E-state index contributed by atoms with van der Waals surface area (Å²) in [6.45, 7) is 6.23. The number of alkyl carbamates (subject to hydrolysis) is 1. The zero-order valence-corrected chi connectivity index (χ0v) is 12.4. The van der Waals surface area contributed by atoms with E-state index in [0.717, 1.165) is 0 Å². The van der Waals surface area contributed by atoms with Crippen LogP contribution in [0.5, 0.6) is 0 Å². The van der Waals surface area contributed by atoms with Crippen molar-refractivity contribution < 1.29 is 9.53 Å². The van der Waals surface area contributed by atoms with Crippen molar-refractivity contribution in [3.05, 3.63) is 16.4 Å². The van der Waals surface area contributed by atoms with E-state index in [4.69, 9.17) is 22.1 Å². The molecule has 0 aliphatic rings. The van der Waals surface area contributed by atoms with E-state index in [0.29, 0.717) is 23.7 Å². The van der Waals surface area contributed by atoms with Crippen LogP contribution in [0.25, 0.3) is 0 Å². The molecular weight excluding hydrogens is 280 g/mol. The first-order valence-corrected chi connectivity index (χ1v) is 6.47. The minimum Gasteiger partial charge on any atom is -0.436 e. The summed E-state index contributed by atoms with van der Waals surface area (Å²) in [7, 11) is 0. The number of carbonyl (C=O) groups is 1. The number of anilines is 1. The van der Waals surface area contributed by atoms with Gasteiger partial charge in [-0.05, 0) is 12.8 Å². The SMILES string of the molecule is Cc1nc(N)nc(Cl)c1C#CCOC(=O)NCC(C)C. The number of aromatic nitrogens is 2. The molecule has 0 saturated carbocycles. The summed E-state index contributed by atoms with van der Waals surface area (Å²) in [5.74, 6) is 5.91. The smallest absolute Gasteiger partial charge is 0.408 e. The summed E-state index contributed by atoms with van der Waals surface area (Å²) in [6, 6.07) is 0. The maximum Gasteiger partial charge on any atom is 0.408 e. The number of aryl methyl sites for hydroxylation is 1. The maximum atomic E-state index is 11.3. The van der Waals surface area contributed by atoms with E-state index in [1.807, 2.05) is 13.8 Å². The Morgan fingerprint density at radius 2 is 2.20 bits per heavy atom. The van der Waals surface area contributed by atoms with Crippen molar-refractivity contribution in [3.8, 4) is 11.8 Å². The molecular formula is C13H17ClN4O2. The van der Waals surface area contributed by atoms with Crippen LogP contribution < -0.4 is 11.1 Å². The molecule has 1 amide bonds. The van der Waals surface area contributed by atoms with Crippen molar-refractivity contribution in [2.24, 2.45) is 5.92 Å². The number of hydrogen-bond acceptors (Lipinski definition) is 5. The molecule has 6 nitrogen and oxygen atoms in total. The van der Waals surface area contributed by atoms with Gasteiger partial charge in [0.2, 0.25) is 5.95 Å². The van der Waals surface area contributed by atoms with Crippen LogP contribution in [0.4, 0.5) is 10.7 Å². The maximum absolute atomic E-state index is 11.3. The molecule has 0 aliphatic carbocycles. The van der Waals surface area contributed by atoms with E-state index < -0.39 is 6.09 Å². The van der Waals surface area contributed by atoms with Gasteiger partial charge >= 0.3 is 6.09 Å². The van der Waals surface area contributed by atoms with Gasteiger partial charge in [-0.2, -0.15) is 4.98 Å². The lowest BCUT2D eigenvalue weighted by Gasteiger charge is -2.06. The van der Waals surface area contributed by atoms with Gasteiger partial charge in [0.25, 0.3) is 0 Å². The molecule has 0 spiro atoms. The molecule has 1 rings (SSSR count). The van der Waals surface area contributed by atoms with E-state index >= 15 is 0 Å². The monoisotopic (exact) mass is 296 g/mol. The number of rotatable bonds is 3. The molecule has 1 aromatic rings. The van der Waals surface area contributed by atoms with Gasteiger partial charge in [-0.3, -0.25) is 0 Å². The average molecular weight is 297 g/mol.